The van der Waals surface area contributed by atoms with Crippen LogP contribution >= 0.6 is 0 Å². The van der Waals surface area contributed by atoms with Gasteiger partial charge in [0.05, 0.1) is 25.9 Å². The van der Waals surface area contributed by atoms with E-state index in [1.807, 2.05) is 6.92 Å². The Morgan fingerprint density at radius 1 is 1.30 bits per heavy atom. The van der Waals surface area contributed by atoms with E-state index in [1.54, 1.807) is 18.2 Å². The van der Waals surface area contributed by atoms with Crippen molar-refractivity contribution >= 4 is 22.7 Å². The number of ether oxygens (including phenoxy) is 2. The monoisotopic (exact) mass is 318 g/mol. The van der Waals surface area contributed by atoms with Crippen molar-refractivity contribution in [1.29, 1.82) is 0 Å². The summed E-state index contributed by atoms with van der Waals surface area (Å²) in [5, 5.41) is 6.26. The van der Waals surface area contributed by atoms with Crippen LogP contribution in [0, 0.1) is 6.92 Å². The molecule has 1 aromatic heterocycles. The van der Waals surface area contributed by atoms with E-state index in [2.05, 4.69) is 10.6 Å². The number of hydrogen-bond acceptors (Lipinski definition) is 5. The van der Waals surface area contributed by atoms with E-state index >= 15 is 0 Å². The zero-order valence-electron chi connectivity index (χ0n) is 12.8. The number of urea groups is 1. The van der Waals surface area contributed by atoms with E-state index in [4.69, 9.17) is 13.9 Å². The fourth-order valence-corrected chi connectivity index (χ4v) is 2.44. The highest BCUT2D eigenvalue weighted by molar-refractivity contribution is 5.92. The first-order valence-electron chi connectivity index (χ1n) is 7.40. The lowest BCUT2D eigenvalue weighted by molar-refractivity contribution is -0.0852. The highest BCUT2D eigenvalue weighted by Crippen LogP contribution is 2.20. The summed E-state index contributed by atoms with van der Waals surface area (Å²) in [6.07, 6.45) is -0.133. The largest absolute Gasteiger partial charge is 0.423 e. The van der Waals surface area contributed by atoms with E-state index in [-0.39, 0.29) is 12.1 Å². The molecule has 0 aliphatic carbocycles. The molecule has 0 unspecified atom stereocenters. The molecule has 0 bridgehead atoms. The number of rotatable bonds is 3. The molecule has 1 fully saturated rings. The van der Waals surface area contributed by atoms with Crippen LogP contribution in [0.15, 0.2) is 33.5 Å². The molecule has 2 N–H and O–H groups in total. The van der Waals surface area contributed by atoms with Gasteiger partial charge in [0.15, 0.2) is 0 Å². The SMILES string of the molecule is Cc1cc(=O)oc2cc(NC(=O)NC[C@H]3COCCO3)ccc12. The Morgan fingerprint density at radius 2 is 2.17 bits per heavy atom. The van der Waals surface area contributed by atoms with E-state index in [1.165, 1.54) is 6.07 Å². The number of fused-ring (bicyclic) bond motifs is 1. The standard InChI is InChI=1S/C16H18N2O5/c1-10-6-15(19)23-14-7-11(2-3-13(10)14)18-16(20)17-8-12-9-21-4-5-22-12/h2-3,6-7,12H,4-5,8-9H2,1H3,(H2,17,18,20)/t12-/m0/s1. The number of carbonyl (C=O) groups excluding carboxylic acids is 1. The van der Waals surface area contributed by atoms with Gasteiger partial charge in [-0.15, -0.1) is 0 Å². The van der Waals surface area contributed by atoms with Crippen molar-refractivity contribution in [2.24, 2.45) is 0 Å². The van der Waals surface area contributed by atoms with Crippen LogP contribution in [0.5, 0.6) is 0 Å². The van der Waals surface area contributed by atoms with Gasteiger partial charge in [0.1, 0.15) is 5.58 Å². The zero-order valence-corrected chi connectivity index (χ0v) is 12.8. The van der Waals surface area contributed by atoms with Crippen molar-refractivity contribution in [1.82, 2.24) is 5.32 Å². The average molecular weight is 318 g/mol. The topological polar surface area (TPSA) is 89.8 Å². The lowest BCUT2D eigenvalue weighted by Crippen LogP contribution is -2.41. The first-order valence-corrected chi connectivity index (χ1v) is 7.40. The minimum atomic E-state index is -0.411. The summed E-state index contributed by atoms with van der Waals surface area (Å²) in [5.41, 5.74) is 1.41. The van der Waals surface area contributed by atoms with Crippen LogP contribution in [0.1, 0.15) is 5.56 Å². The number of aryl methyl sites for hydroxylation is 1. The third-order valence-electron chi connectivity index (χ3n) is 3.58. The highest BCUT2D eigenvalue weighted by atomic mass is 16.6. The second kappa shape index (κ2) is 6.80. The Kier molecular flexibility index (Phi) is 4.59. The summed E-state index contributed by atoms with van der Waals surface area (Å²) < 4.78 is 15.9. The highest BCUT2D eigenvalue weighted by Gasteiger charge is 2.15. The number of amides is 2. The zero-order chi connectivity index (χ0) is 16.2. The van der Waals surface area contributed by atoms with Crippen LogP contribution in [0.4, 0.5) is 10.5 Å². The van der Waals surface area contributed by atoms with Crippen molar-refractivity contribution in [3.05, 3.63) is 40.2 Å². The molecule has 7 nitrogen and oxygen atoms in total. The van der Waals surface area contributed by atoms with Crippen LogP contribution in [0.3, 0.4) is 0 Å². The minimum Gasteiger partial charge on any atom is -0.423 e. The molecule has 0 spiro atoms. The molecule has 1 saturated heterocycles. The minimum absolute atomic E-state index is 0.133. The van der Waals surface area contributed by atoms with E-state index in [9.17, 15) is 9.59 Å². The van der Waals surface area contributed by atoms with Gasteiger partial charge in [-0.25, -0.2) is 9.59 Å². The average Bonchev–Trinajstić information content (AvgIpc) is 2.53. The molecule has 1 atom stereocenters. The molecule has 2 amide bonds. The van der Waals surface area contributed by atoms with Gasteiger partial charge in [0.25, 0.3) is 0 Å². The predicted molar refractivity (Wildman–Crippen MR) is 84.8 cm³/mol. The maximum Gasteiger partial charge on any atom is 0.336 e. The summed E-state index contributed by atoms with van der Waals surface area (Å²) in [5.74, 6) is 0. The van der Waals surface area contributed by atoms with Crippen molar-refractivity contribution in [2.75, 3.05) is 31.7 Å². The Hall–Kier alpha value is -2.38. The molecule has 1 aliphatic rings. The van der Waals surface area contributed by atoms with Crippen molar-refractivity contribution < 1.29 is 18.7 Å². The van der Waals surface area contributed by atoms with Gasteiger partial charge in [-0.05, 0) is 24.6 Å². The van der Waals surface area contributed by atoms with Crippen molar-refractivity contribution in [3.63, 3.8) is 0 Å². The van der Waals surface area contributed by atoms with Crippen LogP contribution in [0.25, 0.3) is 11.0 Å². The molecule has 0 radical (unpaired) electrons. The smallest absolute Gasteiger partial charge is 0.336 e. The molecule has 1 aliphatic heterocycles. The molecule has 23 heavy (non-hydrogen) atoms. The van der Waals surface area contributed by atoms with E-state index in [0.717, 1.165) is 10.9 Å². The van der Waals surface area contributed by atoms with Gasteiger partial charge >= 0.3 is 11.7 Å². The Labute approximate surface area is 132 Å². The van der Waals surface area contributed by atoms with Crippen molar-refractivity contribution in [2.45, 2.75) is 13.0 Å². The number of anilines is 1. The van der Waals surface area contributed by atoms with Gasteiger partial charge in [-0.3, -0.25) is 0 Å². The second-order valence-corrected chi connectivity index (χ2v) is 5.36. The van der Waals surface area contributed by atoms with Gasteiger partial charge in [0.2, 0.25) is 0 Å². The fraction of sp³-hybridized carbons (Fsp3) is 0.375. The number of carbonyl (C=O) groups is 1. The number of benzene rings is 1. The van der Waals surface area contributed by atoms with Gasteiger partial charge in [-0.1, -0.05) is 0 Å². The van der Waals surface area contributed by atoms with Gasteiger partial charge < -0.3 is 24.5 Å². The molecule has 0 saturated carbocycles. The first-order chi connectivity index (χ1) is 11.1. The summed E-state index contributed by atoms with van der Waals surface area (Å²) >= 11 is 0. The lowest BCUT2D eigenvalue weighted by Gasteiger charge is -2.23. The van der Waals surface area contributed by atoms with Crippen molar-refractivity contribution in [3.8, 4) is 0 Å². The molecule has 122 valence electrons. The summed E-state index contributed by atoms with van der Waals surface area (Å²) in [4.78, 5) is 23.3. The summed E-state index contributed by atoms with van der Waals surface area (Å²) in [6, 6.07) is 6.28. The van der Waals surface area contributed by atoms with Crippen LogP contribution in [-0.4, -0.2) is 38.5 Å². The van der Waals surface area contributed by atoms with E-state index < -0.39 is 5.63 Å². The molecule has 7 heteroatoms. The van der Waals surface area contributed by atoms with Gasteiger partial charge in [0, 0.05) is 29.8 Å². The maximum atomic E-state index is 11.9. The third-order valence-corrected chi connectivity index (χ3v) is 3.58. The normalized spacial score (nSPS) is 17.9. The summed E-state index contributed by atoms with van der Waals surface area (Å²) in [6.45, 7) is 3.81. The second-order valence-electron chi connectivity index (χ2n) is 5.36. The van der Waals surface area contributed by atoms with Crippen LogP contribution in [0.2, 0.25) is 0 Å². The summed E-state index contributed by atoms with van der Waals surface area (Å²) in [7, 11) is 0. The number of nitrogens with one attached hydrogen (secondary N) is 2. The first kappa shape index (κ1) is 15.5. The Balaban J connectivity index is 1.64. The Bertz CT molecular complexity index is 765. The maximum absolute atomic E-state index is 11.9. The quantitative estimate of drug-likeness (QED) is 0.840. The van der Waals surface area contributed by atoms with E-state index in [0.29, 0.717) is 37.6 Å². The fourth-order valence-electron chi connectivity index (χ4n) is 2.44. The third kappa shape index (κ3) is 3.88. The molecular formula is C16H18N2O5. The molecule has 3 rings (SSSR count). The van der Waals surface area contributed by atoms with Crippen LogP contribution < -0.4 is 16.3 Å². The van der Waals surface area contributed by atoms with Gasteiger partial charge in [-0.2, -0.15) is 0 Å². The predicted octanol–water partition coefficient (Wildman–Crippen LogP) is 1.64. The molecule has 1 aromatic carbocycles. The number of hydrogen-bond donors (Lipinski definition) is 2. The molecule has 2 aromatic rings. The molecular weight excluding hydrogens is 300 g/mol. The van der Waals surface area contributed by atoms with Crippen LogP contribution in [-0.2, 0) is 9.47 Å². The molecule has 2 heterocycles. The lowest BCUT2D eigenvalue weighted by atomic mass is 10.1. The Morgan fingerprint density at radius 3 is 2.96 bits per heavy atom.